The third-order valence-corrected chi connectivity index (χ3v) is 4.43. The van der Waals surface area contributed by atoms with Gasteiger partial charge in [0.05, 0.1) is 6.61 Å². The Morgan fingerprint density at radius 2 is 1.88 bits per heavy atom. The van der Waals surface area contributed by atoms with E-state index in [0.29, 0.717) is 0 Å². The van der Waals surface area contributed by atoms with Gasteiger partial charge in [0.25, 0.3) is 0 Å². The lowest BCUT2D eigenvalue weighted by Crippen LogP contribution is -2.37. The highest BCUT2D eigenvalue weighted by Gasteiger charge is 2.24. The summed E-state index contributed by atoms with van der Waals surface area (Å²) in [6.45, 7) is 7.88. The van der Waals surface area contributed by atoms with Crippen molar-refractivity contribution >= 4 is 0 Å². The van der Waals surface area contributed by atoms with Crippen LogP contribution in [0.1, 0.15) is 46.0 Å². The van der Waals surface area contributed by atoms with Crippen molar-refractivity contribution in [2.24, 2.45) is 17.8 Å². The third-order valence-electron chi connectivity index (χ3n) is 4.43. The van der Waals surface area contributed by atoms with Gasteiger partial charge in [0.15, 0.2) is 0 Å². The maximum absolute atomic E-state index is 5.41. The predicted octanol–water partition coefficient (Wildman–Crippen LogP) is 2.83. The molecule has 2 rings (SSSR count). The number of hydrogen-bond donors (Lipinski definition) is 1. The lowest BCUT2D eigenvalue weighted by Gasteiger charge is -2.31. The first kappa shape index (κ1) is 12.4. The summed E-state index contributed by atoms with van der Waals surface area (Å²) < 4.78 is 5.41. The molecule has 0 bridgehead atoms. The Balaban J connectivity index is 1.61. The summed E-state index contributed by atoms with van der Waals surface area (Å²) in [4.78, 5) is 0. The molecule has 2 aliphatic rings. The first-order chi connectivity index (χ1) is 7.75. The first-order valence-electron chi connectivity index (χ1n) is 7.07. The Kier molecular flexibility index (Phi) is 4.66. The summed E-state index contributed by atoms with van der Waals surface area (Å²) >= 11 is 0. The molecule has 1 N–H and O–H groups in total. The van der Waals surface area contributed by atoms with Crippen molar-refractivity contribution in [3.63, 3.8) is 0 Å². The van der Waals surface area contributed by atoms with Crippen molar-refractivity contribution in [1.29, 1.82) is 0 Å². The predicted molar refractivity (Wildman–Crippen MR) is 67.5 cm³/mol. The highest BCUT2D eigenvalue weighted by molar-refractivity contribution is 4.80. The van der Waals surface area contributed by atoms with Crippen LogP contribution in [0.2, 0.25) is 0 Å². The molecule has 1 atom stereocenters. The average Bonchev–Trinajstić information content (AvgIpc) is 2.80. The van der Waals surface area contributed by atoms with Gasteiger partial charge in [-0.15, -0.1) is 0 Å². The van der Waals surface area contributed by atoms with Gasteiger partial charge in [-0.2, -0.15) is 0 Å². The lowest BCUT2D eigenvalue weighted by atomic mass is 9.79. The van der Waals surface area contributed by atoms with Crippen LogP contribution >= 0.6 is 0 Å². The quantitative estimate of drug-likeness (QED) is 0.794. The van der Waals surface area contributed by atoms with Crippen LogP contribution in [0.4, 0.5) is 0 Å². The molecule has 0 amide bonds. The average molecular weight is 225 g/mol. The van der Waals surface area contributed by atoms with E-state index in [1.165, 1.54) is 38.6 Å². The molecular formula is C14H27NO. The molecule has 1 aliphatic heterocycles. The Morgan fingerprint density at radius 3 is 2.44 bits per heavy atom. The largest absolute Gasteiger partial charge is 0.381 e. The molecule has 0 aromatic heterocycles. The van der Waals surface area contributed by atoms with Crippen molar-refractivity contribution in [2.75, 3.05) is 19.8 Å². The zero-order chi connectivity index (χ0) is 11.4. The highest BCUT2D eigenvalue weighted by atomic mass is 16.5. The van der Waals surface area contributed by atoms with Crippen molar-refractivity contribution in [3.05, 3.63) is 0 Å². The first-order valence-corrected chi connectivity index (χ1v) is 7.07. The molecule has 2 fully saturated rings. The molecule has 1 aliphatic carbocycles. The van der Waals surface area contributed by atoms with Gasteiger partial charge < -0.3 is 10.1 Å². The monoisotopic (exact) mass is 225 g/mol. The van der Waals surface area contributed by atoms with Crippen LogP contribution in [-0.2, 0) is 4.74 Å². The molecule has 2 nitrogen and oxygen atoms in total. The van der Waals surface area contributed by atoms with Gasteiger partial charge in [-0.1, -0.05) is 13.8 Å². The molecule has 0 aromatic carbocycles. The van der Waals surface area contributed by atoms with E-state index in [0.717, 1.165) is 37.0 Å². The minimum absolute atomic E-state index is 0.780. The van der Waals surface area contributed by atoms with Gasteiger partial charge in [0.2, 0.25) is 0 Å². The molecule has 1 saturated carbocycles. The molecule has 1 unspecified atom stereocenters. The Hall–Kier alpha value is -0.0800. The fourth-order valence-corrected chi connectivity index (χ4v) is 3.07. The van der Waals surface area contributed by atoms with Crippen LogP contribution in [0.3, 0.4) is 0 Å². The van der Waals surface area contributed by atoms with Crippen molar-refractivity contribution < 1.29 is 4.74 Å². The zero-order valence-electron chi connectivity index (χ0n) is 10.9. The van der Waals surface area contributed by atoms with Gasteiger partial charge in [0.1, 0.15) is 0 Å². The van der Waals surface area contributed by atoms with Gasteiger partial charge >= 0.3 is 0 Å². The highest BCUT2D eigenvalue weighted by Crippen LogP contribution is 2.29. The Morgan fingerprint density at radius 1 is 1.12 bits per heavy atom. The van der Waals surface area contributed by atoms with E-state index in [2.05, 4.69) is 19.2 Å². The van der Waals surface area contributed by atoms with Crippen molar-refractivity contribution in [3.8, 4) is 0 Å². The fraction of sp³-hybridized carbons (Fsp3) is 1.00. The summed E-state index contributed by atoms with van der Waals surface area (Å²) in [6, 6.07) is 0.788. The molecule has 0 spiro atoms. The second-order valence-electron chi connectivity index (χ2n) is 5.99. The summed E-state index contributed by atoms with van der Waals surface area (Å²) in [6.07, 6.45) is 6.88. The standard InChI is InChI=1S/C14H27NO/c1-11(2)13-3-5-14(6-4-13)15-9-12-7-8-16-10-12/h11-15H,3-10H2,1-2H3/t12?,13-,14-. The van der Waals surface area contributed by atoms with Gasteiger partial charge in [-0.25, -0.2) is 0 Å². The molecule has 0 aromatic rings. The molecule has 1 saturated heterocycles. The van der Waals surface area contributed by atoms with E-state index < -0.39 is 0 Å². The minimum atomic E-state index is 0.780. The summed E-state index contributed by atoms with van der Waals surface area (Å²) in [5.41, 5.74) is 0. The minimum Gasteiger partial charge on any atom is -0.381 e. The second kappa shape index (κ2) is 6.02. The number of ether oxygens (including phenoxy) is 1. The SMILES string of the molecule is CC(C)[C@H]1CC[C@H](NCC2CCOC2)CC1. The maximum atomic E-state index is 5.41. The van der Waals surface area contributed by atoms with E-state index >= 15 is 0 Å². The summed E-state index contributed by atoms with van der Waals surface area (Å²) in [5.74, 6) is 2.64. The van der Waals surface area contributed by atoms with Crippen LogP contribution in [0.25, 0.3) is 0 Å². The third kappa shape index (κ3) is 3.46. The fourth-order valence-electron chi connectivity index (χ4n) is 3.07. The number of nitrogens with one attached hydrogen (secondary N) is 1. The summed E-state index contributed by atoms with van der Waals surface area (Å²) in [7, 11) is 0. The van der Waals surface area contributed by atoms with E-state index in [1.54, 1.807) is 0 Å². The van der Waals surface area contributed by atoms with E-state index in [-0.39, 0.29) is 0 Å². The molecule has 0 radical (unpaired) electrons. The van der Waals surface area contributed by atoms with Gasteiger partial charge in [-0.05, 0) is 49.9 Å². The van der Waals surface area contributed by atoms with Crippen LogP contribution in [0.5, 0.6) is 0 Å². The zero-order valence-corrected chi connectivity index (χ0v) is 10.9. The lowest BCUT2D eigenvalue weighted by molar-refractivity contribution is 0.181. The molecule has 1 heterocycles. The van der Waals surface area contributed by atoms with E-state index in [1.807, 2.05) is 0 Å². The van der Waals surface area contributed by atoms with Crippen LogP contribution in [0, 0.1) is 17.8 Å². The summed E-state index contributed by atoms with van der Waals surface area (Å²) in [5, 5.41) is 3.74. The Labute approximate surface area is 100 Å². The molecule has 2 heteroatoms. The van der Waals surface area contributed by atoms with Crippen molar-refractivity contribution in [1.82, 2.24) is 5.32 Å². The van der Waals surface area contributed by atoms with Gasteiger partial charge in [0, 0.05) is 19.2 Å². The maximum Gasteiger partial charge on any atom is 0.0507 e. The van der Waals surface area contributed by atoms with Crippen LogP contribution in [-0.4, -0.2) is 25.8 Å². The smallest absolute Gasteiger partial charge is 0.0507 e. The van der Waals surface area contributed by atoms with E-state index in [9.17, 15) is 0 Å². The molecule has 94 valence electrons. The van der Waals surface area contributed by atoms with Crippen LogP contribution < -0.4 is 5.32 Å². The van der Waals surface area contributed by atoms with Gasteiger partial charge in [-0.3, -0.25) is 0 Å². The Bertz CT molecular complexity index is 191. The van der Waals surface area contributed by atoms with Crippen molar-refractivity contribution in [2.45, 2.75) is 52.0 Å². The molecule has 16 heavy (non-hydrogen) atoms. The molecular weight excluding hydrogens is 198 g/mol. The normalized spacial score (nSPS) is 35.8. The van der Waals surface area contributed by atoms with E-state index in [4.69, 9.17) is 4.74 Å². The van der Waals surface area contributed by atoms with Crippen LogP contribution in [0.15, 0.2) is 0 Å². The number of hydrogen-bond acceptors (Lipinski definition) is 2. The topological polar surface area (TPSA) is 21.3 Å². The second-order valence-corrected chi connectivity index (χ2v) is 5.99. The number of rotatable bonds is 4.